The van der Waals surface area contributed by atoms with Crippen molar-refractivity contribution in [2.75, 3.05) is 6.54 Å². The third kappa shape index (κ3) is 3.61. The highest BCUT2D eigenvalue weighted by molar-refractivity contribution is 5.75. The normalized spacial score (nSPS) is 10.6. The second-order valence-electron chi connectivity index (χ2n) is 4.45. The van der Waals surface area contributed by atoms with Crippen molar-refractivity contribution in [3.8, 4) is 5.82 Å². The fourth-order valence-electron chi connectivity index (χ4n) is 1.80. The fourth-order valence-corrected chi connectivity index (χ4v) is 1.80. The summed E-state index contributed by atoms with van der Waals surface area (Å²) in [7, 11) is 0. The third-order valence-electron chi connectivity index (χ3n) is 2.85. The van der Waals surface area contributed by atoms with Crippen molar-refractivity contribution in [2.24, 2.45) is 0 Å². The van der Waals surface area contributed by atoms with Crippen LogP contribution in [0.5, 0.6) is 0 Å². The van der Waals surface area contributed by atoms with Crippen LogP contribution >= 0.6 is 0 Å². The molecule has 12 nitrogen and oxygen atoms in total. The highest BCUT2D eigenvalue weighted by Crippen LogP contribution is 1.96. The molecule has 0 aliphatic rings. The van der Waals surface area contributed by atoms with Crippen LogP contribution in [-0.4, -0.2) is 57.2 Å². The van der Waals surface area contributed by atoms with Crippen LogP contribution in [0.1, 0.15) is 0 Å². The standard InChI is InChI=1S/C11H12N10O2/c22-10(5-19-8-14-17-18-19)13-3-4-20-11(23)2-1-9(16-20)21-7-12-6-15-21/h1-2,6-8H,3-5H2,(H,13,22). The first-order valence-electron chi connectivity index (χ1n) is 6.63. The Labute approximate surface area is 128 Å². The van der Waals surface area contributed by atoms with Gasteiger partial charge in [0.2, 0.25) is 5.91 Å². The van der Waals surface area contributed by atoms with E-state index in [1.165, 1.54) is 39.1 Å². The largest absolute Gasteiger partial charge is 0.353 e. The molecule has 0 unspecified atom stereocenters. The van der Waals surface area contributed by atoms with Gasteiger partial charge in [0.1, 0.15) is 25.5 Å². The maximum atomic E-state index is 11.8. The van der Waals surface area contributed by atoms with Crippen LogP contribution in [0.3, 0.4) is 0 Å². The van der Waals surface area contributed by atoms with Gasteiger partial charge >= 0.3 is 0 Å². The molecular formula is C11H12N10O2. The first kappa shape index (κ1) is 14.5. The number of hydrogen-bond donors (Lipinski definition) is 1. The molecule has 0 saturated carbocycles. The molecule has 0 aliphatic carbocycles. The number of nitrogens with zero attached hydrogens (tertiary/aromatic N) is 9. The lowest BCUT2D eigenvalue weighted by Crippen LogP contribution is -2.34. The molecule has 3 aromatic heterocycles. The summed E-state index contributed by atoms with van der Waals surface area (Å²) in [4.78, 5) is 27.3. The van der Waals surface area contributed by atoms with Crippen molar-refractivity contribution in [1.29, 1.82) is 0 Å². The van der Waals surface area contributed by atoms with Crippen molar-refractivity contribution >= 4 is 5.91 Å². The van der Waals surface area contributed by atoms with Crippen LogP contribution in [-0.2, 0) is 17.9 Å². The van der Waals surface area contributed by atoms with Crippen molar-refractivity contribution in [1.82, 2.24) is 50.1 Å². The monoisotopic (exact) mass is 316 g/mol. The van der Waals surface area contributed by atoms with Gasteiger partial charge in [-0.15, -0.1) is 10.2 Å². The van der Waals surface area contributed by atoms with Crippen molar-refractivity contribution in [3.63, 3.8) is 0 Å². The van der Waals surface area contributed by atoms with Gasteiger partial charge in [0.15, 0.2) is 5.82 Å². The van der Waals surface area contributed by atoms with E-state index in [9.17, 15) is 9.59 Å². The van der Waals surface area contributed by atoms with E-state index in [-0.39, 0.29) is 31.1 Å². The second kappa shape index (κ2) is 6.55. The van der Waals surface area contributed by atoms with Crippen molar-refractivity contribution < 1.29 is 4.79 Å². The number of rotatable bonds is 6. The molecule has 3 heterocycles. The smallest absolute Gasteiger partial charge is 0.266 e. The van der Waals surface area contributed by atoms with Gasteiger partial charge in [0, 0.05) is 12.6 Å². The molecule has 118 valence electrons. The zero-order valence-electron chi connectivity index (χ0n) is 11.8. The lowest BCUT2D eigenvalue weighted by molar-refractivity contribution is -0.121. The minimum absolute atomic E-state index is 0.00826. The quantitative estimate of drug-likeness (QED) is 0.532. The average Bonchev–Trinajstić information content (AvgIpc) is 3.22. The van der Waals surface area contributed by atoms with E-state index in [2.05, 4.69) is 36.0 Å². The Morgan fingerprint density at radius 1 is 1.26 bits per heavy atom. The highest BCUT2D eigenvalue weighted by atomic mass is 16.2. The van der Waals surface area contributed by atoms with Gasteiger partial charge in [-0.1, -0.05) is 0 Å². The molecule has 3 rings (SSSR count). The van der Waals surface area contributed by atoms with E-state index in [0.29, 0.717) is 5.82 Å². The maximum absolute atomic E-state index is 11.8. The zero-order valence-corrected chi connectivity index (χ0v) is 11.8. The number of nitrogens with one attached hydrogen (secondary N) is 1. The molecule has 0 saturated heterocycles. The van der Waals surface area contributed by atoms with E-state index < -0.39 is 0 Å². The number of tetrazole rings is 1. The van der Waals surface area contributed by atoms with Gasteiger partial charge in [0.25, 0.3) is 5.56 Å². The van der Waals surface area contributed by atoms with Gasteiger partial charge in [-0.2, -0.15) is 5.10 Å². The van der Waals surface area contributed by atoms with E-state index >= 15 is 0 Å². The van der Waals surface area contributed by atoms with E-state index in [1.54, 1.807) is 6.07 Å². The Hall–Kier alpha value is -3.44. The Bertz CT molecular complexity index is 823. The number of aromatic nitrogens is 9. The highest BCUT2D eigenvalue weighted by Gasteiger charge is 2.06. The minimum atomic E-state index is -0.274. The molecule has 0 atom stereocenters. The predicted molar refractivity (Wildman–Crippen MR) is 74.2 cm³/mol. The Morgan fingerprint density at radius 3 is 2.91 bits per heavy atom. The maximum Gasteiger partial charge on any atom is 0.266 e. The summed E-state index contributed by atoms with van der Waals surface area (Å²) in [5, 5.41) is 21.2. The second-order valence-corrected chi connectivity index (χ2v) is 4.45. The topological polar surface area (TPSA) is 138 Å². The molecule has 3 aromatic rings. The molecule has 0 fully saturated rings. The SMILES string of the molecule is O=C(Cn1cnnn1)NCCn1nc(-n2cncn2)ccc1=O. The van der Waals surface area contributed by atoms with Crippen LogP contribution in [0.4, 0.5) is 0 Å². The number of carbonyl (C=O) groups is 1. The average molecular weight is 316 g/mol. The molecule has 0 aromatic carbocycles. The van der Waals surface area contributed by atoms with Crippen LogP contribution in [0, 0.1) is 0 Å². The van der Waals surface area contributed by atoms with Gasteiger partial charge in [0.05, 0.1) is 6.54 Å². The minimum Gasteiger partial charge on any atom is -0.353 e. The van der Waals surface area contributed by atoms with Crippen LogP contribution in [0.25, 0.3) is 5.82 Å². The van der Waals surface area contributed by atoms with Gasteiger partial charge in [-0.05, 0) is 16.5 Å². The van der Waals surface area contributed by atoms with E-state index in [0.717, 1.165) is 0 Å². The molecule has 0 bridgehead atoms. The number of carbonyl (C=O) groups excluding carboxylic acids is 1. The van der Waals surface area contributed by atoms with Crippen molar-refractivity contribution in [2.45, 2.75) is 13.1 Å². The van der Waals surface area contributed by atoms with Crippen molar-refractivity contribution in [3.05, 3.63) is 41.5 Å². The molecular weight excluding hydrogens is 304 g/mol. The molecule has 0 spiro atoms. The molecule has 1 N–H and O–H groups in total. The zero-order chi connectivity index (χ0) is 16.1. The fraction of sp³-hybridized carbons (Fsp3) is 0.273. The van der Waals surface area contributed by atoms with E-state index in [4.69, 9.17) is 0 Å². The predicted octanol–water partition coefficient (Wildman–Crippen LogP) is -2.37. The first-order chi connectivity index (χ1) is 11.2. The lowest BCUT2D eigenvalue weighted by Gasteiger charge is -2.08. The summed E-state index contributed by atoms with van der Waals surface area (Å²) in [6.07, 6.45) is 4.19. The summed E-state index contributed by atoms with van der Waals surface area (Å²) in [5.74, 6) is 0.194. The van der Waals surface area contributed by atoms with Crippen LogP contribution in [0.15, 0.2) is 35.9 Å². The summed E-state index contributed by atoms with van der Waals surface area (Å²) in [6.45, 7) is 0.478. The lowest BCUT2D eigenvalue weighted by atomic mass is 10.5. The summed E-state index contributed by atoms with van der Waals surface area (Å²) in [5.41, 5.74) is -0.274. The summed E-state index contributed by atoms with van der Waals surface area (Å²) < 4.78 is 3.98. The summed E-state index contributed by atoms with van der Waals surface area (Å²) >= 11 is 0. The number of hydrogen-bond acceptors (Lipinski definition) is 8. The summed E-state index contributed by atoms with van der Waals surface area (Å²) in [6, 6.07) is 2.93. The molecule has 0 radical (unpaired) electrons. The number of amides is 1. The van der Waals surface area contributed by atoms with E-state index in [1.807, 2.05) is 0 Å². The molecule has 0 aliphatic heterocycles. The third-order valence-corrected chi connectivity index (χ3v) is 2.85. The molecule has 1 amide bonds. The molecule has 23 heavy (non-hydrogen) atoms. The first-order valence-corrected chi connectivity index (χ1v) is 6.63. The van der Waals surface area contributed by atoms with Crippen LogP contribution in [0.2, 0.25) is 0 Å². The van der Waals surface area contributed by atoms with Gasteiger partial charge in [-0.3, -0.25) is 9.59 Å². The Balaban J connectivity index is 1.58. The molecule has 12 heteroatoms. The Morgan fingerprint density at radius 2 is 2.17 bits per heavy atom. The van der Waals surface area contributed by atoms with Gasteiger partial charge in [-0.25, -0.2) is 19.0 Å². The van der Waals surface area contributed by atoms with Gasteiger partial charge < -0.3 is 5.32 Å². The Kier molecular flexibility index (Phi) is 4.13. The van der Waals surface area contributed by atoms with Crippen LogP contribution < -0.4 is 10.9 Å².